The second-order valence-corrected chi connectivity index (χ2v) is 8.22. The van der Waals surface area contributed by atoms with Crippen molar-refractivity contribution < 1.29 is 4.79 Å². The lowest BCUT2D eigenvalue weighted by atomic mass is 9.77. The van der Waals surface area contributed by atoms with Crippen LogP contribution >= 0.6 is 0 Å². The molecule has 3 aliphatic rings. The molecule has 1 N–H and O–H groups in total. The van der Waals surface area contributed by atoms with Crippen LogP contribution in [0.5, 0.6) is 0 Å². The lowest BCUT2D eigenvalue weighted by Crippen LogP contribution is -2.53. The van der Waals surface area contributed by atoms with Gasteiger partial charge in [0.2, 0.25) is 5.91 Å². The van der Waals surface area contributed by atoms with Crippen LogP contribution in [0.25, 0.3) is 0 Å². The van der Waals surface area contributed by atoms with Crippen molar-refractivity contribution in [1.29, 1.82) is 0 Å². The fourth-order valence-electron chi connectivity index (χ4n) is 4.91. The summed E-state index contributed by atoms with van der Waals surface area (Å²) >= 11 is 0. The number of piperidine rings is 2. The predicted molar refractivity (Wildman–Crippen MR) is 100 cm³/mol. The molecule has 1 aromatic rings. The molecule has 1 unspecified atom stereocenters. The summed E-state index contributed by atoms with van der Waals surface area (Å²) in [5, 5.41) is 3.51. The fourth-order valence-corrected chi connectivity index (χ4v) is 4.91. The highest BCUT2D eigenvalue weighted by Gasteiger charge is 2.40. The molecule has 0 aliphatic carbocycles. The first-order valence-corrected chi connectivity index (χ1v) is 10.0. The molecule has 25 heavy (non-hydrogen) atoms. The molecular weight excluding hydrogens is 310 g/mol. The first kappa shape index (κ1) is 17.0. The predicted octanol–water partition coefficient (Wildman–Crippen LogP) is 2.64. The Balaban J connectivity index is 1.39. The van der Waals surface area contributed by atoms with Crippen LogP contribution in [0.15, 0.2) is 30.3 Å². The van der Waals surface area contributed by atoms with Gasteiger partial charge in [-0.1, -0.05) is 36.8 Å². The van der Waals surface area contributed by atoms with E-state index in [-0.39, 0.29) is 6.04 Å². The van der Waals surface area contributed by atoms with Gasteiger partial charge in [0.1, 0.15) is 0 Å². The standard InChI is InChI=1S/C21H31N3O/c25-20(23-14-10-21(11-15-23)9-12-22-17-21)19-8-4-5-13-24(19)16-18-6-2-1-3-7-18/h1-3,6-7,19,22H,4-5,8-17H2. The molecule has 4 nitrogen and oxygen atoms in total. The normalized spacial score (nSPS) is 26.9. The van der Waals surface area contributed by atoms with Crippen LogP contribution in [0.4, 0.5) is 0 Å². The van der Waals surface area contributed by atoms with E-state index in [0.29, 0.717) is 11.3 Å². The Bertz CT molecular complexity index is 572. The molecule has 3 fully saturated rings. The molecule has 4 rings (SSSR count). The van der Waals surface area contributed by atoms with Crippen LogP contribution in [0, 0.1) is 5.41 Å². The van der Waals surface area contributed by atoms with E-state index < -0.39 is 0 Å². The molecule has 1 atom stereocenters. The van der Waals surface area contributed by atoms with Crippen molar-refractivity contribution in [2.75, 3.05) is 32.7 Å². The maximum atomic E-state index is 13.2. The van der Waals surface area contributed by atoms with Crippen molar-refractivity contribution in [3.63, 3.8) is 0 Å². The Morgan fingerprint density at radius 1 is 1.08 bits per heavy atom. The van der Waals surface area contributed by atoms with Crippen molar-refractivity contribution in [2.45, 2.75) is 51.1 Å². The van der Waals surface area contributed by atoms with Crippen LogP contribution in [0.2, 0.25) is 0 Å². The maximum absolute atomic E-state index is 13.2. The van der Waals surface area contributed by atoms with E-state index in [2.05, 4.69) is 45.4 Å². The Morgan fingerprint density at radius 3 is 2.60 bits per heavy atom. The molecule has 1 spiro atoms. The van der Waals surface area contributed by atoms with Gasteiger partial charge >= 0.3 is 0 Å². The summed E-state index contributed by atoms with van der Waals surface area (Å²) in [5.74, 6) is 0.386. The lowest BCUT2D eigenvalue weighted by Gasteiger charge is -2.43. The highest BCUT2D eigenvalue weighted by atomic mass is 16.2. The fraction of sp³-hybridized carbons (Fsp3) is 0.667. The molecule has 136 valence electrons. The monoisotopic (exact) mass is 341 g/mol. The van der Waals surface area contributed by atoms with Gasteiger partial charge in [-0.05, 0) is 56.2 Å². The van der Waals surface area contributed by atoms with Gasteiger partial charge in [-0.3, -0.25) is 9.69 Å². The quantitative estimate of drug-likeness (QED) is 0.918. The molecule has 1 aromatic carbocycles. The Hall–Kier alpha value is -1.39. The number of nitrogens with one attached hydrogen (secondary N) is 1. The number of carbonyl (C=O) groups is 1. The lowest BCUT2D eigenvalue weighted by molar-refractivity contribution is -0.140. The molecule has 3 aliphatic heterocycles. The average Bonchev–Trinajstić information content (AvgIpc) is 3.11. The number of carbonyl (C=O) groups excluding carboxylic acids is 1. The molecule has 4 heteroatoms. The minimum absolute atomic E-state index is 0.0877. The molecule has 0 saturated carbocycles. The van der Waals surface area contributed by atoms with Crippen LogP contribution in [0.3, 0.4) is 0 Å². The van der Waals surface area contributed by atoms with E-state index in [4.69, 9.17) is 0 Å². The number of benzene rings is 1. The average molecular weight is 341 g/mol. The zero-order valence-electron chi connectivity index (χ0n) is 15.3. The van der Waals surface area contributed by atoms with Crippen molar-refractivity contribution >= 4 is 5.91 Å². The highest BCUT2D eigenvalue weighted by molar-refractivity contribution is 5.82. The van der Waals surface area contributed by atoms with Crippen LogP contribution in [-0.4, -0.2) is 54.5 Å². The molecular formula is C21H31N3O. The van der Waals surface area contributed by atoms with Gasteiger partial charge in [-0.15, -0.1) is 0 Å². The number of hydrogen-bond donors (Lipinski definition) is 1. The van der Waals surface area contributed by atoms with Gasteiger partial charge in [-0.25, -0.2) is 0 Å². The second-order valence-electron chi connectivity index (χ2n) is 8.22. The number of nitrogens with zero attached hydrogens (tertiary/aromatic N) is 2. The highest BCUT2D eigenvalue weighted by Crippen LogP contribution is 2.37. The third kappa shape index (κ3) is 3.75. The van der Waals surface area contributed by atoms with Crippen molar-refractivity contribution in [3.05, 3.63) is 35.9 Å². The second kappa shape index (κ2) is 7.46. The SMILES string of the molecule is O=C(C1CCCCN1Cc1ccccc1)N1CCC2(CCNC2)CC1. The van der Waals surface area contributed by atoms with E-state index in [1.165, 1.54) is 37.7 Å². The summed E-state index contributed by atoms with van der Waals surface area (Å²) in [5.41, 5.74) is 1.80. The minimum Gasteiger partial charge on any atom is -0.341 e. The Morgan fingerprint density at radius 2 is 1.88 bits per heavy atom. The van der Waals surface area contributed by atoms with Gasteiger partial charge in [-0.2, -0.15) is 0 Å². The molecule has 0 bridgehead atoms. The summed E-state index contributed by atoms with van der Waals surface area (Å²) < 4.78 is 0. The van der Waals surface area contributed by atoms with Crippen LogP contribution < -0.4 is 5.32 Å². The van der Waals surface area contributed by atoms with Gasteiger partial charge < -0.3 is 10.2 Å². The van der Waals surface area contributed by atoms with Crippen molar-refractivity contribution in [2.24, 2.45) is 5.41 Å². The molecule has 3 heterocycles. The van der Waals surface area contributed by atoms with E-state index >= 15 is 0 Å². The first-order valence-electron chi connectivity index (χ1n) is 10.0. The van der Waals surface area contributed by atoms with Crippen molar-refractivity contribution in [3.8, 4) is 0 Å². The zero-order chi connectivity index (χ0) is 17.1. The van der Waals surface area contributed by atoms with E-state index in [1.54, 1.807) is 0 Å². The summed E-state index contributed by atoms with van der Waals surface area (Å²) in [6, 6.07) is 10.7. The van der Waals surface area contributed by atoms with Gasteiger partial charge in [0, 0.05) is 26.2 Å². The van der Waals surface area contributed by atoms with Crippen LogP contribution in [0.1, 0.15) is 44.1 Å². The van der Waals surface area contributed by atoms with E-state index in [0.717, 1.165) is 45.7 Å². The summed E-state index contributed by atoms with van der Waals surface area (Å²) in [7, 11) is 0. The third-order valence-corrected chi connectivity index (χ3v) is 6.60. The van der Waals surface area contributed by atoms with Gasteiger partial charge in [0.25, 0.3) is 0 Å². The maximum Gasteiger partial charge on any atom is 0.239 e. The molecule has 1 amide bonds. The summed E-state index contributed by atoms with van der Waals surface area (Å²) in [6.45, 7) is 6.17. The van der Waals surface area contributed by atoms with E-state index in [1.807, 2.05) is 0 Å². The van der Waals surface area contributed by atoms with Crippen molar-refractivity contribution in [1.82, 2.24) is 15.1 Å². The number of hydrogen-bond acceptors (Lipinski definition) is 3. The minimum atomic E-state index is 0.0877. The Kier molecular flexibility index (Phi) is 5.09. The molecule has 3 saturated heterocycles. The van der Waals surface area contributed by atoms with Gasteiger partial charge in [0.05, 0.1) is 6.04 Å². The topological polar surface area (TPSA) is 35.6 Å². The number of amides is 1. The van der Waals surface area contributed by atoms with E-state index in [9.17, 15) is 4.79 Å². The Labute approximate surface area is 151 Å². The smallest absolute Gasteiger partial charge is 0.239 e. The van der Waals surface area contributed by atoms with Gasteiger partial charge in [0.15, 0.2) is 0 Å². The zero-order valence-corrected chi connectivity index (χ0v) is 15.3. The molecule has 0 radical (unpaired) electrons. The third-order valence-electron chi connectivity index (χ3n) is 6.60. The molecule has 0 aromatic heterocycles. The first-order chi connectivity index (χ1) is 12.3. The number of likely N-dealkylation sites (tertiary alicyclic amines) is 2. The summed E-state index contributed by atoms with van der Waals surface area (Å²) in [4.78, 5) is 17.8. The number of rotatable bonds is 3. The van der Waals surface area contributed by atoms with Crippen LogP contribution in [-0.2, 0) is 11.3 Å². The summed E-state index contributed by atoms with van der Waals surface area (Å²) in [6.07, 6.45) is 7.07. The largest absolute Gasteiger partial charge is 0.341 e.